The highest BCUT2D eigenvalue weighted by molar-refractivity contribution is 7.84. The Bertz CT molecular complexity index is 1620. The van der Waals surface area contributed by atoms with E-state index in [2.05, 4.69) is 52.7 Å². The van der Waals surface area contributed by atoms with E-state index >= 15 is 0 Å². The molecule has 10 unspecified atom stereocenters. The van der Waals surface area contributed by atoms with Crippen LogP contribution in [-0.2, 0) is 20.5 Å². The van der Waals surface area contributed by atoms with Crippen LogP contribution >= 0.6 is 11.6 Å². The van der Waals surface area contributed by atoms with Crippen molar-refractivity contribution < 1.29 is 28.4 Å². The van der Waals surface area contributed by atoms with Crippen LogP contribution < -0.4 is 14.4 Å². The number of amides is 2. The summed E-state index contributed by atoms with van der Waals surface area (Å²) in [5.41, 5.74) is 4.21. The van der Waals surface area contributed by atoms with Gasteiger partial charge in [0.2, 0.25) is 0 Å². The first-order valence-electron chi connectivity index (χ1n) is 20.1. The monoisotopic (exact) mass is 784 g/mol. The molecule has 2 aliphatic carbocycles. The van der Waals surface area contributed by atoms with Crippen LogP contribution in [-0.4, -0.2) is 113 Å². The Labute approximate surface area is 329 Å². The Morgan fingerprint density at radius 1 is 1.04 bits per heavy atom. The fourth-order valence-electron chi connectivity index (χ4n) is 9.21. The van der Waals surface area contributed by atoms with Crippen molar-refractivity contribution in [3.8, 4) is 5.75 Å². The van der Waals surface area contributed by atoms with Gasteiger partial charge in [0.25, 0.3) is 11.8 Å². The third-order valence-electron chi connectivity index (χ3n) is 12.7. The number of alkyl halides is 1. The third kappa shape index (κ3) is 9.12. The van der Waals surface area contributed by atoms with Gasteiger partial charge in [-0.3, -0.25) is 19.2 Å². The van der Waals surface area contributed by atoms with E-state index in [0.29, 0.717) is 36.5 Å². The van der Waals surface area contributed by atoms with Crippen LogP contribution in [0.1, 0.15) is 76.6 Å². The Kier molecular flexibility index (Phi) is 14.0. The van der Waals surface area contributed by atoms with Crippen molar-refractivity contribution in [2.24, 2.45) is 29.6 Å². The lowest BCUT2D eigenvalue weighted by Gasteiger charge is -2.48. The molecule has 1 aromatic carbocycles. The summed E-state index contributed by atoms with van der Waals surface area (Å²) in [7, 11) is -0.531. The molecule has 54 heavy (non-hydrogen) atoms. The average molecular weight is 785 g/mol. The molecule has 10 atom stereocenters. The maximum Gasteiger partial charge on any atom is 0.263 e. The van der Waals surface area contributed by atoms with E-state index in [-0.39, 0.29) is 46.4 Å². The molecule has 7 rings (SSSR count). The zero-order valence-electron chi connectivity index (χ0n) is 32.8. The number of benzene rings is 1. The lowest BCUT2D eigenvalue weighted by atomic mass is 9.66. The number of nitrogens with zero attached hydrogens (tertiary/aromatic N) is 3. The van der Waals surface area contributed by atoms with E-state index in [1.54, 1.807) is 6.07 Å². The van der Waals surface area contributed by atoms with Crippen LogP contribution in [0.25, 0.3) is 0 Å². The zero-order chi connectivity index (χ0) is 38.5. The van der Waals surface area contributed by atoms with Crippen molar-refractivity contribution in [1.29, 1.82) is 0 Å². The number of piperazine rings is 1. The molecule has 1 saturated carbocycles. The van der Waals surface area contributed by atoms with Crippen molar-refractivity contribution in [3.63, 3.8) is 0 Å². The topological polar surface area (TPSA) is 112 Å². The minimum atomic E-state index is -1.53. The molecule has 4 heterocycles. The first-order valence-corrected chi connectivity index (χ1v) is 21.8. The predicted molar refractivity (Wildman–Crippen MR) is 216 cm³/mol. The Morgan fingerprint density at radius 3 is 2.61 bits per heavy atom. The van der Waals surface area contributed by atoms with Gasteiger partial charge in [-0.15, -0.1) is 11.6 Å². The van der Waals surface area contributed by atoms with Gasteiger partial charge in [-0.05, 0) is 93.4 Å². The third-order valence-corrected chi connectivity index (χ3v) is 14.5. The number of carbonyl (C=O) groups excluding carboxylic acids is 2. The normalized spacial score (nSPS) is 35.3. The number of aliphatic hydroxyl groups is 1. The molecular weight excluding hydrogens is 724 g/mol. The molecule has 0 aromatic heterocycles. The van der Waals surface area contributed by atoms with Gasteiger partial charge in [-0.1, -0.05) is 50.1 Å². The summed E-state index contributed by atoms with van der Waals surface area (Å²) in [5, 5.41) is 6.81. The second-order valence-corrected chi connectivity index (χ2v) is 18.2. The smallest absolute Gasteiger partial charge is 0.263 e. The van der Waals surface area contributed by atoms with Crippen LogP contribution in [0.3, 0.4) is 0 Å². The lowest BCUT2D eigenvalue weighted by molar-refractivity contribution is -0.162. The van der Waals surface area contributed by atoms with Gasteiger partial charge in [0.05, 0.1) is 35.6 Å². The van der Waals surface area contributed by atoms with E-state index in [0.717, 1.165) is 89.9 Å². The molecule has 3 fully saturated rings. The molecule has 2 N–H and O–H groups in total. The van der Waals surface area contributed by atoms with Gasteiger partial charge in [-0.25, -0.2) is 4.21 Å². The van der Waals surface area contributed by atoms with Gasteiger partial charge in [-0.2, -0.15) is 0 Å². The summed E-state index contributed by atoms with van der Waals surface area (Å²) in [6, 6.07) is 5.78. The summed E-state index contributed by atoms with van der Waals surface area (Å²) in [4.78, 5) is 33.4. The molecule has 6 aliphatic rings. The molecule has 298 valence electrons. The number of fused-ring (bicyclic) bond motifs is 3. The summed E-state index contributed by atoms with van der Waals surface area (Å²) < 4.78 is 28.7. The van der Waals surface area contributed by atoms with Gasteiger partial charge in [0.15, 0.2) is 0 Å². The SMILES string of the molecule is CCCC1=C(C2COc3ccc4cc3N(C2)CC2CCC2C(CN2CCN3C(=O)C(C)OCC3C2)/C=C/CC(C)C(C)S(=O)NC4=O)C=CC(Cl)C1.CO. The highest BCUT2D eigenvalue weighted by Gasteiger charge is 2.42. The lowest BCUT2D eigenvalue weighted by Crippen LogP contribution is -2.62. The van der Waals surface area contributed by atoms with E-state index in [9.17, 15) is 13.8 Å². The number of allylic oxidation sites excluding steroid dienone is 4. The zero-order valence-corrected chi connectivity index (χ0v) is 34.3. The second kappa shape index (κ2) is 18.5. The minimum absolute atomic E-state index is 0.0212. The number of halogens is 1. The summed E-state index contributed by atoms with van der Waals surface area (Å²) in [5.74, 6) is 2.23. The number of carbonyl (C=O) groups is 2. The fraction of sp³-hybridized carbons (Fsp3) is 0.667. The molecule has 0 radical (unpaired) electrons. The van der Waals surface area contributed by atoms with Crippen molar-refractivity contribution in [2.45, 2.75) is 89.0 Å². The first-order chi connectivity index (χ1) is 26.1. The number of morpholine rings is 1. The minimum Gasteiger partial charge on any atom is -0.491 e. The van der Waals surface area contributed by atoms with Gasteiger partial charge in [0, 0.05) is 57.9 Å². The van der Waals surface area contributed by atoms with E-state index in [1.807, 2.05) is 30.9 Å². The number of nitrogens with one attached hydrogen (secondary N) is 1. The molecule has 2 amide bonds. The Hall–Kier alpha value is -2.70. The fourth-order valence-corrected chi connectivity index (χ4v) is 10.5. The number of hydrogen-bond acceptors (Lipinski definition) is 8. The number of ether oxygens (including phenoxy) is 2. The number of hydrogen-bond donors (Lipinski definition) is 2. The average Bonchev–Trinajstić information content (AvgIpc) is 3.34. The van der Waals surface area contributed by atoms with Crippen LogP contribution in [0.5, 0.6) is 5.75 Å². The number of aliphatic hydroxyl groups excluding tert-OH is 1. The quantitative estimate of drug-likeness (QED) is 0.288. The summed E-state index contributed by atoms with van der Waals surface area (Å²) >= 11 is 6.63. The van der Waals surface area contributed by atoms with Gasteiger partial charge < -0.3 is 24.4 Å². The number of anilines is 1. The standard InChI is InChI=1S/C41H57ClN4O5S.CH4O/c1-5-7-29-18-34(42)12-14-36(29)33-22-45-21-32-10-13-37(32)31(20-44-16-17-46-35(23-44)25-50-27(3)41(46)48)9-6-8-26(2)28(4)52(49)43-40(47)30-11-15-39(51-24-33)38(45)19-30;1-2/h6,9,11-12,14-15,19,26-28,31-35,37H,5,7-8,10,13,16-18,20-25H2,1-4H3,(H,43,47);2H,1H3/b9-6+;. The van der Waals surface area contributed by atoms with Crippen molar-refractivity contribution in [3.05, 3.63) is 59.2 Å². The highest BCUT2D eigenvalue weighted by atomic mass is 35.5. The van der Waals surface area contributed by atoms with E-state index in [1.165, 1.54) is 17.6 Å². The Morgan fingerprint density at radius 2 is 1.85 bits per heavy atom. The maximum atomic E-state index is 13.5. The molecule has 12 heteroatoms. The molecule has 4 aliphatic heterocycles. The summed E-state index contributed by atoms with van der Waals surface area (Å²) in [6.45, 7) is 14.4. The largest absolute Gasteiger partial charge is 0.491 e. The van der Waals surface area contributed by atoms with Crippen molar-refractivity contribution in [1.82, 2.24) is 14.5 Å². The number of rotatable bonds is 5. The van der Waals surface area contributed by atoms with Crippen LogP contribution in [0.2, 0.25) is 0 Å². The molecule has 0 spiro atoms. The summed E-state index contributed by atoms with van der Waals surface area (Å²) in [6.07, 6.45) is 14.8. The van der Waals surface area contributed by atoms with Crippen LogP contribution in [0.4, 0.5) is 5.69 Å². The van der Waals surface area contributed by atoms with Crippen LogP contribution in [0.15, 0.2) is 53.6 Å². The first kappa shape index (κ1) is 40.9. The Balaban J connectivity index is 0.00000245. The van der Waals surface area contributed by atoms with Crippen LogP contribution in [0, 0.1) is 29.6 Å². The second-order valence-electron chi connectivity index (χ2n) is 16.1. The van der Waals surface area contributed by atoms with Crippen molar-refractivity contribution >= 4 is 40.1 Å². The maximum absolute atomic E-state index is 13.5. The molecule has 10 nitrogen and oxygen atoms in total. The predicted octanol–water partition coefficient (Wildman–Crippen LogP) is 5.73. The highest BCUT2D eigenvalue weighted by Crippen LogP contribution is 2.45. The van der Waals surface area contributed by atoms with Gasteiger partial charge in [0.1, 0.15) is 22.8 Å². The van der Waals surface area contributed by atoms with E-state index in [4.69, 9.17) is 26.2 Å². The molecular formula is C42H61ClN4O6S. The van der Waals surface area contributed by atoms with E-state index < -0.39 is 11.0 Å². The van der Waals surface area contributed by atoms with Crippen molar-refractivity contribution in [2.75, 3.05) is 64.5 Å². The molecule has 2 bridgehead atoms. The molecule has 2 saturated heterocycles. The van der Waals surface area contributed by atoms with Gasteiger partial charge >= 0.3 is 0 Å². The molecule has 1 aromatic rings.